The number of ether oxygens (including phenoxy) is 1. The van der Waals surface area contributed by atoms with E-state index in [2.05, 4.69) is 5.32 Å². The highest BCUT2D eigenvalue weighted by atomic mass is 31.2. The highest BCUT2D eigenvalue weighted by Gasteiger charge is 2.18. The highest BCUT2D eigenvalue weighted by molar-refractivity contribution is 7.51. The fourth-order valence-electron chi connectivity index (χ4n) is 0.817. The van der Waals surface area contributed by atoms with Crippen LogP contribution >= 0.6 is 7.60 Å². The second kappa shape index (κ2) is 5.67. The molecule has 0 aromatic carbocycles. The third-order valence-electron chi connectivity index (χ3n) is 1.13. The second-order valence-corrected chi connectivity index (χ2v) is 4.36. The summed E-state index contributed by atoms with van der Waals surface area (Å²) in [5, 5.41) is 2.84. The van der Waals surface area contributed by atoms with Crippen molar-refractivity contribution in [2.75, 3.05) is 34.0 Å². The number of hydrogen-bond acceptors (Lipinski definition) is 4. The lowest BCUT2D eigenvalue weighted by Crippen LogP contribution is -2.29. The lowest BCUT2D eigenvalue weighted by atomic mass is 10.4. The molecular weight excluding hydrogens is 181 g/mol. The van der Waals surface area contributed by atoms with E-state index in [-0.39, 0.29) is 6.10 Å². The number of hydrogen-bond donors (Lipinski definition) is 2. The van der Waals surface area contributed by atoms with Gasteiger partial charge in [-0.25, -0.2) is 0 Å². The Labute approximate surface area is 72.6 Å². The van der Waals surface area contributed by atoms with Gasteiger partial charge in [-0.3, -0.25) is 4.57 Å². The van der Waals surface area contributed by atoms with Crippen molar-refractivity contribution in [3.8, 4) is 0 Å². The molecule has 0 bridgehead atoms. The van der Waals surface area contributed by atoms with Gasteiger partial charge in [0.05, 0.1) is 6.61 Å². The molecule has 0 aromatic rings. The minimum atomic E-state index is -3.40. The average Bonchev–Trinajstić information content (AvgIpc) is 1.84. The topological polar surface area (TPSA) is 67.8 Å². The van der Waals surface area contributed by atoms with Crippen LogP contribution in [0.25, 0.3) is 0 Å². The van der Waals surface area contributed by atoms with Gasteiger partial charge >= 0.3 is 7.60 Å². The van der Waals surface area contributed by atoms with Crippen molar-refractivity contribution in [1.82, 2.24) is 5.32 Å². The van der Waals surface area contributed by atoms with Crippen LogP contribution in [-0.4, -0.2) is 45.0 Å². The highest BCUT2D eigenvalue weighted by Crippen LogP contribution is 2.38. The van der Waals surface area contributed by atoms with Crippen molar-refractivity contribution in [2.24, 2.45) is 0 Å². The van der Waals surface area contributed by atoms with Crippen LogP contribution in [0.15, 0.2) is 0 Å². The quantitative estimate of drug-likeness (QED) is 0.589. The van der Waals surface area contributed by atoms with E-state index in [1.807, 2.05) is 0 Å². The Bertz CT molecular complexity index is 152. The molecule has 5 nitrogen and oxygen atoms in total. The van der Waals surface area contributed by atoms with E-state index in [0.717, 1.165) is 6.66 Å². The van der Waals surface area contributed by atoms with Crippen LogP contribution in [0, 0.1) is 0 Å². The van der Waals surface area contributed by atoms with Gasteiger partial charge in [0.15, 0.2) is 0 Å². The summed E-state index contributed by atoms with van der Waals surface area (Å²) in [6.45, 7) is 1.96. The largest absolute Gasteiger partial charge is 0.382 e. The molecule has 0 aliphatic carbocycles. The first-order valence-electron chi connectivity index (χ1n) is 3.62. The Hall–Kier alpha value is 0.0700. The Morgan fingerprint density at radius 3 is 2.58 bits per heavy atom. The number of rotatable bonds is 6. The van der Waals surface area contributed by atoms with Crippen molar-refractivity contribution in [3.63, 3.8) is 0 Å². The van der Waals surface area contributed by atoms with Crippen LogP contribution in [0.2, 0.25) is 0 Å². The maximum absolute atomic E-state index is 10.8. The second-order valence-electron chi connectivity index (χ2n) is 2.54. The molecule has 0 fully saturated rings. The number of nitrogens with one attached hydrogen (secondary N) is 1. The molecule has 0 radical (unpaired) electrons. The molecule has 74 valence electrons. The van der Waals surface area contributed by atoms with Crippen molar-refractivity contribution in [2.45, 2.75) is 6.10 Å². The third-order valence-corrected chi connectivity index (χ3v) is 1.82. The van der Waals surface area contributed by atoms with Crippen molar-refractivity contribution < 1.29 is 18.7 Å². The molecule has 0 aliphatic heterocycles. The van der Waals surface area contributed by atoms with E-state index in [0.29, 0.717) is 13.2 Å². The van der Waals surface area contributed by atoms with Crippen LogP contribution in [-0.2, 0) is 13.8 Å². The molecule has 0 spiro atoms. The van der Waals surface area contributed by atoms with Crippen LogP contribution in [0.4, 0.5) is 0 Å². The molecule has 2 N–H and O–H groups in total. The molecule has 0 rings (SSSR count). The van der Waals surface area contributed by atoms with E-state index >= 15 is 0 Å². The van der Waals surface area contributed by atoms with Gasteiger partial charge in [-0.2, -0.15) is 0 Å². The minimum Gasteiger partial charge on any atom is -0.382 e. The Kier molecular flexibility index (Phi) is 5.70. The van der Waals surface area contributed by atoms with Gasteiger partial charge in [0.1, 0.15) is 6.10 Å². The molecular formula is C6H16NO4P. The molecule has 0 aliphatic rings. The zero-order valence-corrected chi connectivity index (χ0v) is 8.51. The van der Waals surface area contributed by atoms with E-state index < -0.39 is 7.60 Å². The average molecular weight is 197 g/mol. The first kappa shape index (κ1) is 12.1. The lowest BCUT2D eigenvalue weighted by molar-refractivity contribution is 0.0746. The predicted molar refractivity (Wildman–Crippen MR) is 46.4 cm³/mol. The molecule has 0 aromatic heterocycles. The first-order chi connectivity index (χ1) is 5.49. The van der Waals surface area contributed by atoms with Gasteiger partial charge in [-0.15, -0.1) is 0 Å². The van der Waals surface area contributed by atoms with Gasteiger partial charge in [-0.1, -0.05) is 0 Å². The molecule has 6 heteroatoms. The van der Waals surface area contributed by atoms with Crippen molar-refractivity contribution >= 4 is 7.60 Å². The summed E-state index contributed by atoms with van der Waals surface area (Å²) in [6, 6.07) is 0. The van der Waals surface area contributed by atoms with E-state index in [9.17, 15) is 4.57 Å². The summed E-state index contributed by atoms with van der Waals surface area (Å²) in [5.41, 5.74) is 0. The SMILES string of the molecule is CNC[C@@H](COC)OP(C)(=O)O. The normalized spacial score (nSPS) is 18.7. The third kappa shape index (κ3) is 6.76. The summed E-state index contributed by atoms with van der Waals surface area (Å²) >= 11 is 0. The summed E-state index contributed by atoms with van der Waals surface area (Å²) in [6.07, 6.45) is -0.374. The van der Waals surface area contributed by atoms with Gasteiger partial charge < -0.3 is 19.5 Å². The summed E-state index contributed by atoms with van der Waals surface area (Å²) < 4.78 is 20.5. The van der Waals surface area contributed by atoms with E-state index in [4.69, 9.17) is 14.2 Å². The Morgan fingerprint density at radius 2 is 2.25 bits per heavy atom. The van der Waals surface area contributed by atoms with E-state index in [1.165, 1.54) is 7.11 Å². The molecule has 0 heterocycles. The van der Waals surface area contributed by atoms with Gasteiger partial charge in [0.2, 0.25) is 0 Å². The van der Waals surface area contributed by atoms with Crippen LogP contribution in [0.1, 0.15) is 0 Å². The molecule has 0 saturated carbocycles. The fraction of sp³-hybridized carbons (Fsp3) is 1.00. The molecule has 2 atom stereocenters. The smallest absolute Gasteiger partial charge is 0.325 e. The van der Waals surface area contributed by atoms with Crippen LogP contribution in [0.3, 0.4) is 0 Å². The predicted octanol–water partition coefficient (Wildman–Crippen LogP) is 0.0526. The van der Waals surface area contributed by atoms with Gasteiger partial charge in [-0.05, 0) is 7.05 Å². The fourth-order valence-corrected chi connectivity index (χ4v) is 1.51. The van der Waals surface area contributed by atoms with Gasteiger partial charge in [0, 0.05) is 20.3 Å². The molecule has 1 unspecified atom stereocenters. The first-order valence-corrected chi connectivity index (χ1v) is 5.64. The van der Waals surface area contributed by atoms with Crippen molar-refractivity contribution in [1.29, 1.82) is 0 Å². The van der Waals surface area contributed by atoms with Crippen LogP contribution < -0.4 is 5.32 Å². The molecule has 0 saturated heterocycles. The van der Waals surface area contributed by atoms with Crippen molar-refractivity contribution in [3.05, 3.63) is 0 Å². The maximum atomic E-state index is 10.8. The summed E-state index contributed by atoms with van der Waals surface area (Å²) in [5.74, 6) is 0. The zero-order chi connectivity index (χ0) is 9.61. The monoisotopic (exact) mass is 197 g/mol. The minimum absolute atomic E-state index is 0.305. The standard InChI is InChI=1S/C6H16NO4P/c1-7-4-6(5-10-2)11-12(3,8)9/h6-7H,4-5H2,1-3H3,(H,8,9)/t6-/m0/s1. The van der Waals surface area contributed by atoms with Gasteiger partial charge in [0.25, 0.3) is 0 Å². The molecule has 12 heavy (non-hydrogen) atoms. The maximum Gasteiger partial charge on any atom is 0.325 e. The zero-order valence-electron chi connectivity index (χ0n) is 7.61. The summed E-state index contributed by atoms with van der Waals surface area (Å²) in [7, 11) is -0.143. The molecule has 0 amide bonds. The summed E-state index contributed by atoms with van der Waals surface area (Å²) in [4.78, 5) is 8.89. The van der Waals surface area contributed by atoms with Crippen LogP contribution in [0.5, 0.6) is 0 Å². The van der Waals surface area contributed by atoms with E-state index in [1.54, 1.807) is 7.05 Å². The Balaban J connectivity index is 3.86. The number of likely N-dealkylation sites (N-methyl/N-ethyl adjacent to an activating group) is 1. The number of methoxy groups -OCH3 is 1. The lowest BCUT2D eigenvalue weighted by Gasteiger charge is -2.17. The Morgan fingerprint density at radius 1 is 1.67 bits per heavy atom.